The number of benzene rings is 1. The summed E-state index contributed by atoms with van der Waals surface area (Å²) >= 11 is 0. The number of H-pyrrole nitrogens is 1. The molecule has 1 saturated carbocycles. The smallest absolute Gasteiger partial charge is 0.262 e. The van der Waals surface area contributed by atoms with Crippen LogP contribution in [0, 0.1) is 11.3 Å². The van der Waals surface area contributed by atoms with Crippen molar-refractivity contribution in [1.82, 2.24) is 15.5 Å². The van der Waals surface area contributed by atoms with Crippen molar-refractivity contribution in [2.24, 2.45) is 0 Å². The quantitative estimate of drug-likeness (QED) is 0.669. The first kappa shape index (κ1) is 16.0. The molecule has 1 aromatic heterocycles. The molecule has 2 N–H and O–H groups in total. The number of carbonyl (C=O) groups is 1. The molecule has 3 rings (SSSR count). The molecule has 1 aliphatic carbocycles. The number of amides is 1. The molecule has 1 amide bonds. The van der Waals surface area contributed by atoms with Crippen molar-refractivity contribution in [3.8, 4) is 17.3 Å². The number of aromatic nitrogens is 2. The molecule has 24 heavy (non-hydrogen) atoms. The molecule has 122 valence electrons. The van der Waals surface area contributed by atoms with Crippen LogP contribution in [0.5, 0.6) is 0 Å². The van der Waals surface area contributed by atoms with Crippen LogP contribution in [0.2, 0.25) is 0 Å². The third kappa shape index (κ3) is 3.72. The highest BCUT2D eigenvalue weighted by molar-refractivity contribution is 6.02. The molecule has 0 spiro atoms. The summed E-state index contributed by atoms with van der Waals surface area (Å²) in [5, 5.41) is 19.3. The van der Waals surface area contributed by atoms with E-state index in [2.05, 4.69) is 15.5 Å². The molecular weight excluding hydrogens is 300 g/mol. The Labute approximate surface area is 141 Å². The average Bonchev–Trinajstić information content (AvgIpc) is 3.09. The lowest BCUT2D eigenvalue weighted by Crippen LogP contribution is -2.36. The second-order valence-electron chi connectivity index (χ2n) is 6.04. The Morgan fingerprint density at radius 2 is 2.00 bits per heavy atom. The topological polar surface area (TPSA) is 81.6 Å². The highest BCUT2D eigenvalue weighted by Crippen LogP contribution is 2.23. The van der Waals surface area contributed by atoms with Crippen LogP contribution in [0.1, 0.15) is 37.7 Å². The summed E-state index contributed by atoms with van der Waals surface area (Å²) in [7, 11) is 0. The summed E-state index contributed by atoms with van der Waals surface area (Å²) in [5.74, 6) is -0.301. The van der Waals surface area contributed by atoms with Gasteiger partial charge in [0.1, 0.15) is 11.6 Å². The van der Waals surface area contributed by atoms with Gasteiger partial charge in [0.25, 0.3) is 5.91 Å². The van der Waals surface area contributed by atoms with Gasteiger partial charge in [0, 0.05) is 17.2 Å². The van der Waals surface area contributed by atoms with Crippen molar-refractivity contribution in [3.63, 3.8) is 0 Å². The zero-order valence-electron chi connectivity index (χ0n) is 13.5. The normalized spacial score (nSPS) is 15.7. The van der Waals surface area contributed by atoms with Crippen LogP contribution in [0.3, 0.4) is 0 Å². The first-order chi connectivity index (χ1) is 11.8. The van der Waals surface area contributed by atoms with E-state index in [-0.39, 0.29) is 17.5 Å². The van der Waals surface area contributed by atoms with E-state index in [0.29, 0.717) is 0 Å². The summed E-state index contributed by atoms with van der Waals surface area (Å²) in [5.41, 5.74) is 2.61. The van der Waals surface area contributed by atoms with Gasteiger partial charge in [0.15, 0.2) is 0 Å². The zero-order chi connectivity index (χ0) is 16.8. The maximum absolute atomic E-state index is 12.4. The van der Waals surface area contributed by atoms with Gasteiger partial charge in [-0.25, -0.2) is 0 Å². The van der Waals surface area contributed by atoms with E-state index < -0.39 is 0 Å². The van der Waals surface area contributed by atoms with Crippen LogP contribution in [0.4, 0.5) is 0 Å². The second kappa shape index (κ2) is 7.60. The number of rotatable bonds is 4. The predicted octanol–water partition coefficient (Wildman–Crippen LogP) is 3.43. The van der Waals surface area contributed by atoms with Crippen molar-refractivity contribution in [2.75, 3.05) is 0 Å². The van der Waals surface area contributed by atoms with Crippen LogP contribution >= 0.6 is 0 Å². The summed E-state index contributed by atoms with van der Waals surface area (Å²) in [4.78, 5) is 12.4. The van der Waals surface area contributed by atoms with Crippen molar-refractivity contribution in [1.29, 1.82) is 5.26 Å². The molecule has 1 fully saturated rings. The maximum atomic E-state index is 12.4. The van der Waals surface area contributed by atoms with Gasteiger partial charge in [-0.2, -0.15) is 10.4 Å². The molecule has 5 heteroatoms. The first-order valence-corrected chi connectivity index (χ1v) is 8.29. The van der Waals surface area contributed by atoms with Crippen molar-refractivity contribution in [3.05, 3.63) is 47.7 Å². The molecule has 2 aromatic rings. The number of nitrogens with zero attached hydrogens (tertiary/aromatic N) is 2. The maximum Gasteiger partial charge on any atom is 0.262 e. The van der Waals surface area contributed by atoms with E-state index in [9.17, 15) is 10.1 Å². The van der Waals surface area contributed by atoms with Crippen LogP contribution < -0.4 is 5.32 Å². The number of hydrogen-bond acceptors (Lipinski definition) is 3. The first-order valence-electron chi connectivity index (χ1n) is 8.29. The van der Waals surface area contributed by atoms with Gasteiger partial charge in [-0.1, -0.05) is 49.6 Å². The Balaban J connectivity index is 1.80. The molecule has 0 atom stereocenters. The summed E-state index contributed by atoms with van der Waals surface area (Å²) < 4.78 is 0. The highest BCUT2D eigenvalue weighted by atomic mass is 16.1. The number of aromatic amines is 1. The molecular formula is C19H20N4O. The lowest BCUT2D eigenvalue weighted by molar-refractivity contribution is -0.117. The summed E-state index contributed by atoms with van der Waals surface area (Å²) in [6, 6.07) is 11.9. The fourth-order valence-electron chi connectivity index (χ4n) is 3.06. The zero-order valence-corrected chi connectivity index (χ0v) is 13.5. The Hall–Kier alpha value is -2.87. The largest absolute Gasteiger partial charge is 0.349 e. The van der Waals surface area contributed by atoms with Gasteiger partial charge in [0.05, 0.1) is 11.9 Å². The van der Waals surface area contributed by atoms with Crippen LogP contribution in [0.25, 0.3) is 17.3 Å². The monoisotopic (exact) mass is 320 g/mol. The van der Waals surface area contributed by atoms with Crippen molar-refractivity contribution >= 4 is 12.0 Å². The number of nitrogens with one attached hydrogen (secondary N) is 2. The Morgan fingerprint density at radius 3 is 2.71 bits per heavy atom. The lowest BCUT2D eigenvalue weighted by atomic mass is 9.95. The van der Waals surface area contributed by atoms with Gasteiger partial charge < -0.3 is 5.32 Å². The average molecular weight is 320 g/mol. The number of carbonyl (C=O) groups excluding carboxylic acids is 1. The van der Waals surface area contributed by atoms with Gasteiger partial charge in [-0.15, -0.1) is 0 Å². The summed E-state index contributed by atoms with van der Waals surface area (Å²) in [6.45, 7) is 0. The minimum absolute atomic E-state index is 0.110. The SMILES string of the molecule is N#CC(=Cc1cn[nH]c1-c1ccccc1)C(=O)NC1CCCCC1. The molecule has 1 aromatic carbocycles. The molecule has 0 aliphatic heterocycles. The molecule has 0 saturated heterocycles. The molecule has 0 unspecified atom stereocenters. The number of hydrogen-bond donors (Lipinski definition) is 2. The highest BCUT2D eigenvalue weighted by Gasteiger charge is 2.18. The Morgan fingerprint density at radius 1 is 1.25 bits per heavy atom. The van der Waals surface area contributed by atoms with Gasteiger partial charge in [0.2, 0.25) is 0 Å². The van der Waals surface area contributed by atoms with Gasteiger partial charge in [-0.05, 0) is 18.9 Å². The third-order valence-electron chi connectivity index (χ3n) is 4.34. The van der Waals surface area contributed by atoms with Crippen molar-refractivity contribution in [2.45, 2.75) is 38.1 Å². The van der Waals surface area contributed by atoms with E-state index in [4.69, 9.17) is 0 Å². The predicted molar refractivity (Wildman–Crippen MR) is 92.6 cm³/mol. The van der Waals surface area contributed by atoms with Crippen LogP contribution in [-0.4, -0.2) is 22.1 Å². The Bertz CT molecular complexity index is 764. The van der Waals surface area contributed by atoms with Gasteiger partial charge in [-0.3, -0.25) is 9.89 Å². The van der Waals surface area contributed by atoms with Crippen LogP contribution in [-0.2, 0) is 4.79 Å². The molecule has 0 bridgehead atoms. The third-order valence-corrected chi connectivity index (χ3v) is 4.34. The summed E-state index contributed by atoms with van der Waals surface area (Å²) in [6.07, 6.45) is 8.71. The van der Waals surface area contributed by atoms with E-state index in [0.717, 1.165) is 42.5 Å². The van der Waals surface area contributed by atoms with Gasteiger partial charge >= 0.3 is 0 Å². The molecule has 0 radical (unpaired) electrons. The van der Waals surface area contributed by atoms with E-state index in [1.165, 1.54) is 6.42 Å². The van der Waals surface area contributed by atoms with Crippen LogP contribution in [0.15, 0.2) is 42.1 Å². The Kier molecular flexibility index (Phi) is 5.07. The minimum Gasteiger partial charge on any atom is -0.349 e. The molecule has 1 heterocycles. The fourth-order valence-corrected chi connectivity index (χ4v) is 3.06. The fraction of sp³-hybridized carbons (Fsp3) is 0.316. The van der Waals surface area contributed by atoms with E-state index >= 15 is 0 Å². The number of nitriles is 1. The van der Waals surface area contributed by atoms with E-state index in [1.807, 2.05) is 36.4 Å². The second-order valence-corrected chi connectivity index (χ2v) is 6.04. The lowest BCUT2D eigenvalue weighted by Gasteiger charge is -2.22. The molecule has 1 aliphatic rings. The van der Waals surface area contributed by atoms with Crippen molar-refractivity contribution < 1.29 is 4.79 Å². The molecule has 5 nitrogen and oxygen atoms in total. The minimum atomic E-state index is -0.301. The standard InChI is InChI=1S/C19H20N4O/c20-12-15(19(24)22-17-9-5-2-6-10-17)11-16-13-21-23-18(16)14-7-3-1-4-8-14/h1,3-4,7-8,11,13,17H,2,5-6,9-10H2,(H,21,23)(H,22,24). The van der Waals surface area contributed by atoms with E-state index in [1.54, 1.807) is 12.3 Å².